The Morgan fingerprint density at radius 3 is 2.16 bits per heavy atom. The van der Waals surface area contributed by atoms with Gasteiger partial charge in [-0.25, -0.2) is 8.78 Å². The molecule has 2 aromatic carbocycles. The maximum Gasteiger partial charge on any atom is 0.130 e. The van der Waals surface area contributed by atoms with E-state index in [2.05, 4.69) is 28.0 Å². The van der Waals surface area contributed by atoms with Crippen LogP contribution in [0.15, 0.2) is 42.5 Å². The lowest BCUT2D eigenvalue weighted by atomic mass is 9.98. The van der Waals surface area contributed by atoms with Gasteiger partial charge < -0.3 is 0 Å². The smallest absolute Gasteiger partial charge is 0.130 e. The average molecular weight is 374 g/mol. The lowest BCUT2D eigenvalue weighted by Crippen LogP contribution is -2.31. The highest BCUT2D eigenvalue weighted by atomic mass is 127. The van der Waals surface area contributed by atoms with Crippen molar-refractivity contribution >= 4 is 22.6 Å². The summed E-state index contributed by atoms with van der Waals surface area (Å²) in [6.07, 6.45) is 0.422. The summed E-state index contributed by atoms with van der Waals surface area (Å²) in [6, 6.07) is 10.9. The minimum absolute atomic E-state index is 0.0245. The zero-order valence-corrected chi connectivity index (χ0v) is 12.2. The van der Waals surface area contributed by atoms with Crippen molar-refractivity contribution < 1.29 is 8.78 Å². The molecule has 0 aliphatic rings. The van der Waals surface area contributed by atoms with E-state index in [4.69, 9.17) is 5.84 Å². The van der Waals surface area contributed by atoms with E-state index >= 15 is 0 Å². The third kappa shape index (κ3) is 3.49. The second kappa shape index (κ2) is 6.40. The van der Waals surface area contributed by atoms with Crippen molar-refractivity contribution in [2.24, 2.45) is 5.84 Å². The van der Waals surface area contributed by atoms with Crippen molar-refractivity contribution in [3.05, 3.63) is 68.8 Å². The monoisotopic (exact) mass is 374 g/mol. The molecule has 0 aliphatic heterocycles. The lowest BCUT2D eigenvalue weighted by Gasteiger charge is -2.18. The molecule has 100 valence electrons. The van der Waals surface area contributed by atoms with E-state index < -0.39 is 17.7 Å². The van der Waals surface area contributed by atoms with Gasteiger partial charge in [-0.1, -0.05) is 18.2 Å². The summed E-state index contributed by atoms with van der Waals surface area (Å²) in [5.41, 5.74) is 3.42. The third-order valence-corrected chi connectivity index (χ3v) is 3.62. The van der Waals surface area contributed by atoms with E-state index in [-0.39, 0.29) is 5.56 Å². The number of hydrogen-bond donors (Lipinski definition) is 2. The van der Waals surface area contributed by atoms with Crippen LogP contribution in [-0.2, 0) is 6.42 Å². The zero-order chi connectivity index (χ0) is 13.8. The van der Waals surface area contributed by atoms with E-state index in [0.29, 0.717) is 6.42 Å². The highest BCUT2D eigenvalue weighted by molar-refractivity contribution is 14.1. The number of rotatable bonds is 4. The van der Waals surface area contributed by atoms with Gasteiger partial charge in [-0.05, 0) is 58.8 Å². The van der Waals surface area contributed by atoms with Crippen molar-refractivity contribution in [1.82, 2.24) is 5.43 Å². The van der Waals surface area contributed by atoms with E-state index in [0.717, 1.165) is 9.13 Å². The molecule has 0 radical (unpaired) electrons. The largest absolute Gasteiger partial charge is 0.271 e. The van der Waals surface area contributed by atoms with Crippen LogP contribution >= 0.6 is 22.6 Å². The van der Waals surface area contributed by atoms with E-state index in [9.17, 15) is 8.78 Å². The standard InChI is InChI=1S/C14H13F2IN2/c15-11-2-1-3-12(16)14(11)13(19-18)8-9-4-6-10(17)7-5-9/h1-7,13,19H,8,18H2. The van der Waals surface area contributed by atoms with Gasteiger partial charge in [-0.2, -0.15) is 0 Å². The Hall–Kier alpha value is -1.05. The Morgan fingerprint density at radius 2 is 1.63 bits per heavy atom. The van der Waals surface area contributed by atoms with Gasteiger partial charge in [-0.15, -0.1) is 0 Å². The quantitative estimate of drug-likeness (QED) is 0.490. The maximum atomic E-state index is 13.7. The Bertz CT molecular complexity index is 538. The van der Waals surface area contributed by atoms with Crippen LogP contribution < -0.4 is 11.3 Å². The SMILES string of the molecule is NNC(Cc1ccc(I)cc1)c1c(F)cccc1F. The first-order valence-corrected chi connectivity index (χ1v) is 6.84. The topological polar surface area (TPSA) is 38.0 Å². The van der Waals surface area contributed by atoms with E-state index in [1.54, 1.807) is 0 Å². The van der Waals surface area contributed by atoms with Crippen LogP contribution in [0.2, 0.25) is 0 Å². The van der Waals surface area contributed by atoms with Gasteiger partial charge in [0.2, 0.25) is 0 Å². The van der Waals surface area contributed by atoms with Crippen molar-refractivity contribution in [2.75, 3.05) is 0 Å². The summed E-state index contributed by atoms with van der Waals surface area (Å²) in [5.74, 6) is 4.26. The number of halogens is 3. The molecule has 1 unspecified atom stereocenters. The van der Waals surface area contributed by atoms with Crippen LogP contribution in [0, 0.1) is 15.2 Å². The second-order valence-electron chi connectivity index (χ2n) is 4.19. The average Bonchev–Trinajstić information content (AvgIpc) is 2.39. The second-order valence-corrected chi connectivity index (χ2v) is 5.43. The first-order chi connectivity index (χ1) is 9.11. The fourth-order valence-electron chi connectivity index (χ4n) is 1.94. The van der Waals surface area contributed by atoms with Gasteiger partial charge in [-0.3, -0.25) is 11.3 Å². The molecule has 5 heteroatoms. The van der Waals surface area contributed by atoms with Crippen LogP contribution in [-0.4, -0.2) is 0 Å². The minimum Gasteiger partial charge on any atom is -0.271 e. The molecule has 19 heavy (non-hydrogen) atoms. The van der Waals surface area contributed by atoms with Crippen molar-refractivity contribution in [1.29, 1.82) is 0 Å². The number of hydrazine groups is 1. The number of benzene rings is 2. The third-order valence-electron chi connectivity index (χ3n) is 2.90. The Labute approximate surface area is 124 Å². The fraction of sp³-hybridized carbons (Fsp3) is 0.143. The molecule has 0 aromatic heterocycles. The molecule has 0 aliphatic carbocycles. The van der Waals surface area contributed by atoms with Gasteiger partial charge in [0, 0.05) is 9.13 Å². The molecule has 1 atom stereocenters. The minimum atomic E-state index is -0.596. The first kappa shape index (κ1) is 14.4. The van der Waals surface area contributed by atoms with Gasteiger partial charge in [0.1, 0.15) is 11.6 Å². The summed E-state index contributed by atoms with van der Waals surface area (Å²) >= 11 is 2.20. The summed E-state index contributed by atoms with van der Waals surface area (Å²) < 4.78 is 28.5. The molecule has 3 N–H and O–H groups in total. The summed E-state index contributed by atoms with van der Waals surface area (Å²) in [6.45, 7) is 0. The number of nitrogens with one attached hydrogen (secondary N) is 1. The van der Waals surface area contributed by atoms with Crippen molar-refractivity contribution in [2.45, 2.75) is 12.5 Å². The summed E-state index contributed by atoms with van der Waals surface area (Å²) in [4.78, 5) is 0. The van der Waals surface area contributed by atoms with Crippen molar-refractivity contribution in [3.8, 4) is 0 Å². The van der Waals surface area contributed by atoms with E-state index in [1.165, 1.54) is 18.2 Å². The van der Waals surface area contributed by atoms with Gasteiger partial charge in [0.05, 0.1) is 6.04 Å². The molecule has 0 spiro atoms. The Kier molecular flexibility index (Phi) is 4.84. The van der Waals surface area contributed by atoms with Crippen LogP contribution in [0.1, 0.15) is 17.2 Å². The van der Waals surface area contributed by atoms with Crippen molar-refractivity contribution in [3.63, 3.8) is 0 Å². The predicted molar refractivity (Wildman–Crippen MR) is 79.3 cm³/mol. The zero-order valence-electron chi connectivity index (χ0n) is 10.0. The molecular weight excluding hydrogens is 361 g/mol. The molecular formula is C14H13F2IN2. The van der Waals surface area contributed by atoms with Crippen LogP contribution in [0.5, 0.6) is 0 Å². The first-order valence-electron chi connectivity index (χ1n) is 5.76. The Morgan fingerprint density at radius 1 is 1.05 bits per heavy atom. The summed E-state index contributed by atoms with van der Waals surface area (Å²) in [7, 11) is 0. The molecule has 0 saturated heterocycles. The predicted octanol–water partition coefficient (Wildman–Crippen LogP) is 3.32. The highest BCUT2D eigenvalue weighted by Gasteiger charge is 2.19. The molecule has 0 saturated carbocycles. The number of nitrogens with two attached hydrogens (primary N) is 1. The van der Waals surface area contributed by atoms with Gasteiger partial charge in [0.25, 0.3) is 0 Å². The van der Waals surface area contributed by atoms with Crippen LogP contribution in [0.25, 0.3) is 0 Å². The maximum absolute atomic E-state index is 13.7. The fourth-order valence-corrected chi connectivity index (χ4v) is 2.30. The molecule has 0 heterocycles. The summed E-state index contributed by atoms with van der Waals surface area (Å²) in [5, 5.41) is 0. The Balaban J connectivity index is 2.27. The van der Waals surface area contributed by atoms with Crippen LogP contribution in [0.4, 0.5) is 8.78 Å². The molecule has 0 amide bonds. The normalized spacial score (nSPS) is 12.4. The highest BCUT2D eigenvalue weighted by Crippen LogP contribution is 2.23. The van der Waals surface area contributed by atoms with Crippen LogP contribution in [0.3, 0.4) is 0 Å². The molecule has 0 fully saturated rings. The molecule has 2 nitrogen and oxygen atoms in total. The van der Waals surface area contributed by atoms with Gasteiger partial charge in [0.15, 0.2) is 0 Å². The molecule has 0 bridgehead atoms. The number of hydrogen-bond acceptors (Lipinski definition) is 2. The molecule has 2 aromatic rings. The van der Waals surface area contributed by atoms with E-state index in [1.807, 2.05) is 24.3 Å². The molecule has 2 rings (SSSR count). The van der Waals surface area contributed by atoms with Gasteiger partial charge >= 0.3 is 0 Å². The lowest BCUT2D eigenvalue weighted by molar-refractivity contribution is 0.473.